The predicted molar refractivity (Wildman–Crippen MR) is 110 cm³/mol. The fraction of sp³-hybridized carbons (Fsp3) is 0.435. The molecule has 1 fully saturated rings. The molecule has 0 aliphatic carbocycles. The second-order valence-electron chi connectivity index (χ2n) is 7.70. The first-order valence-corrected chi connectivity index (χ1v) is 9.41. The van der Waals surface area contributed by atoms with Crippen LogP contribution in [0.3, 0.4) is 0 Å². The Balaban J connectivity index is 0.00000243. The Labute approximate surface area is 173 Å². The third-order valence-corrected chi connectivity index (χ3v) is 5.17. The van der Waals surface area contributed by atoms with Crippen molar-refractivity contribution in [1.29, 1.82) is 0 Å². The molecule has 1 saturated heterocycles. The van der Waals surface area contributed by atoms with Crippen LogP contribution in [0.2, 0.25) is 0 Å². The Morgan fingerprint density at radius 3 is 1.23 bits per heavy atom. The van der Waals surface area contributed by atoms with Crippen molar-refractivity contribution < 1.29 is 20.4 Å². The molecule has 1 heterocycles. The Morgan fingerprint density at radius 1 is 0.615 bits per heavy atom. The van der Waals surface area contributed by atoms with Crippen molar-refractivity contribution in [1.82, 2.24) is 0 Å². The van der Waals surface area contributed by atoms with E-state index in [9.17, 15) is 0 Å². The van der Waals surface area contributed by atoms with Crippen molar-refractivity contribution in [2.45, 2.75) is 54.4 Å². The van der Waals surface area contributed by atoms with E-state index in [1.54, 1.807) is 0 Å². The van der Waals surface area contributed by atoms with Crippen LogP contribution in [-0.4, -0.2) is 13.1 Å². The minimum Gasteiger partial charge on any atom is -0.503 e. The summed E-state index contributed by atoms with van der Waals surface area (Å²) in [5.74, 6) is 0. The summed E-state index contributed by atoms with van der Waals surface area (Å²) < 4.78 is 0. The molecule has 0 amide bonds. The summed E-state index contributed by atoms with van der Waals surface area (Å²) in [5.41, 5.74) is 10.9. The van der Waals surface area contributed by atoms with E-state index >= 15 is 0 Å². The molecule has 3 rings (SSSR count). The quantitative estimate of drug-likeness (QED) is 0.432. The SMILES string of the molecule is Cc1cc(C)c(N2[CH-]N(c3c(C)cc(C)cc3C)CCCC2)c(C)c1.[Pd]. The molecule has 3 heteroatoms. The van der Waals surface area contributed by atoms with Gasteiger partial charge in [0, 0.05) is 31.8 Å². The van der Waals surface area contributed by atoms with Crippen LogP contribution in [0, 0.1) is 48.2 Å². The summed E-state index contributed by atoms with van der Waals surface area (Å²) in [4.78, 5) is 4.94. The van der Waals surface area contributed by atoms with Crippen LogP contribution >= 0.6 is 0 Å². The van der Waals surface area contributed by atoms with Crippen molar-refractivity contribution in [2.75, 3.05) is 22.9 Å². The second-order valence-corrected chi connectivity index (χ2v) is 7.70. The maximum Gasteiger partial charge on any atom is 0.0145 e. The van der Waals surface area contributed by atoms with E-state index in [0.29, 0.717) is 0 Å². The third-order valence-electron chi connectivity index (χ3n) is 5.17. The first-order chi connectivity index (χ1) is 11.9. The van der Waals surface area contributed by atoms with Crippen LogP contribution in [-0.2, 0) is 20.4 Å². The zero-order valence-corrected chi connectivity index (χ0v) is 18.5. The standard InChI is InChI=1S/C23H31N2.Pd/c1-16-11-18(3)22(19(4)12-16)24-9-7-8-10-25(15-24)23-20(5)13-17(2)14-21(23)6;/h11-15H,7-10H2,1-6H3;/q-1;. The molecular formula is C23H31N2Pd-. The Hall–Kier alpha value is -1.30. The summed E-state index contributed by atoms with van der Waals surface area (Å²) in [6.45, 7) is 17.8. The Kier molecular flexibility index (Phi) is 6.94. The van der Waals surface area contributed by atoms with Gasteiger partial charge in [-0.25, -0.2) is 0 Å². The molecule has 0 saturated carbocycles. The van der Waals surface area contributed by atoms with Crippen LogP contribution in [0.1, 0.15) is 46.2 Å². The molecule has 0 radical (unpaired) electrons. The molecule has 0 atom stereocenters. The fourth-order valence-corrected chi connectivity index (χ4v) is 4.44. The molecule has 144 valence electrons. The van der Waals surface area contributed by atoms with E-state index in [4.69, 9.17) is 0 Å². The minimum absolute atomic E-state index is 0. The summed E-state index contributed by atoms with van der Waals surface area (Å²) in [5, 5.41) is 0. The number of hydrogen-bond acceptors (Lipinski definition) is 2. The Bertz CT molecular complexity index is 670. The van der Waals surface area contributed by atoms with Crippen LogP contribution in [0.15, 0.2) is 24.3 Å². The maximum absolute atomic E-state index is 2.47. The van der Waals surface area contributed by atoms with Crippen LogP contribution in [0.25, 0.3) is 0 Å². The first kappa shape index (κ1) is 21.0. The topological polar surface area (TPSA) is 6.48 Å². The molecule has 2 nitrogen and oxygen atoms in total. The third kappa shape index (κ3) is 4.33. The van der Waals surface area contributed by atoms with Gasteiger partial charge in [-0.05, 0) is 89.7 Å². The normalized spacial score (nSPS) is 14.8. The van der Waals surface area contributed by atoms with E-state index in [2.05, 4.69) is 82.3 Å². The number of benzene rings is 2. The molecule has 0 N–H and O–H groups in total. The molecule has 0 aromatic heterocycles. The number of hydrogen-bond donors (Lipinski definition) is 0. The Morgan fingerprint density at radius 2 is 0.923 bits per heavy atom. The van der Waals surface area contributed by atoms with Gasteiger partial charge in [0.15, 0.2) is 0 Å². The molecule has 1 aliphatic heterocycles. The largest absolute Gasteiger partial charge is 0.503 e. The van der Waals surface area contributed by atoms with Crippen molar-refractivity contribution >= 4 is 11.4 Å². The van der Waals surface area contributed by atoms with Crippen LogP contribution < -0.4 is 9.80 Å². The van der Waals surface area contributed by atoms with E-state index in [1.807, 2.05) is 0 Å². The van der Waals surface area contributed by atoms with Crippen molar-refractivity contribution in [3.63, 3.8) is 0 Å². The van der Waals surface area contributed by atoms with E-state index < -0.39 is 0 Å². The smallest absolute Gasteiger partial charge is 0.0145 e. The van der Waals surface area contributed by atoms with E-state index in [-0.39, 0.29) is 20.4 Å². The average molecular weight is 442 g/mol. The molecule has 1 aliphatic rings. The zero-order valence-electron chi connectivity index (χ0n) is 16.9. The van der Waals surface area contributed by atoms with E-state index in [1.165, 1.54) is 57.6 Å². The van der Waals surface area contributed by atoms with Gasteiger partial charge in [0.2, 0.25) is 0 Å². The van der Waals surface area contributed by atoms with Gasteiger partial charge in [-0.3, -0.25) is 0 Å². The van der Waals surface area contributed by atoms with Gasteiger partial charge < -0.3 is 9.80 Å². The van der Waals surface area contributed by atoms with Gasteiger partial charge in [-0.1, -0.05) is 35.4 Å². The number of nitrogens with zero attached hydrogens (tertiary/aromatic N) is 2. The molecule has 0 spiro atoms. The van der Waals surface area contributed by atoms with Gasteiger partial charge in [0.25, 0.3) is 0 Å². The van der Waals surface area contributed by atoms with Crippen molar-refractivity contribution in [2.24, 2.45) is 0 Å². The molecule has 2 aromatic carbocycles. The van der Waals surface area contributed by atoms with Crippen LogP contribution in [0.5, 0.6) is 0 Å². The first-order valence-electron chi connectivity index (χ1n) is 9.41. The molecule has 0 unspecified atom stereocenters. The molecular weight excluding hydrogens is 411 g/mol. The van der Waals surface area contributed by atoms with E-state index in [0.717, 1.165) is 13.1 Å². The van der Waals surface area contributed by atoms with Crippen molar-refractivity contribution in [3.8, 4) is 0 Å². The summed E-state index contributed by atoms with van der Waals surface area (Å²) in [6.07, 6.45) is 2.45. The van der Waals surface area contributed by atoms with Gasteiger partial charge >= 0.3 is 0 Å². The van der Waals surface area contributed by atoms with Gasteiger partial charge in [-0.2, -0.15) is 6.67 Å². The van der Waals surface area contributed by atoms with Gasteiger partial charge in [0.05, 0.1) is 0 Å². The second kappa shape index (κ2) is 8.59. The van der Waals surface area contributed by atoms with Crippen molar-refractivity contribution in [3.05, 3.63) is 64.3 Å². The molecule has 2 aromatic rings. The monoisotopic (exact) mass is 441 g/mol. The number of aryl methyl sites for hydroxylation is 6. The average Bonchev–Trinajstić information content (AvgIpc) is 2.71. The summed E-state index contributed by atoms with van der Waals surface area (Å²) in [7, 11) is 0. The fourth-order valence-electron chi connectivity index (χ4n) is 4.44. The van der Waals surface area contributed by atoms with Gasteiger partial charge in [-0.15, -0.1) is 0 Å². The predicted octanol–water partition coefficient (Wildman–Crippen LogP) is 5.76. The summed E-state index contributed by atoms with van der Waals surface area (Å²) >= 11 is 0. The van der Waals surface area contributed by atoms with Crippen LogP contribution in [0.4, 0.5) is 11.4 Å². The number of rotatable bonds is 2. The summed E-state index contributed by atoms with van der Waals surface area (Å²) in [6, 6.07) is 9.20. The number of anilines is 2. The molecule has 26 heavy (non-hydrogen) atoms. The zero-order chi connectivity index (χ0) is 18.1. The maximum atomic E-state index is 2.47. The van der Waals surface area contributed by atoms with Gasteiger partial charge in [0.1, 0.15) is 0 Å². The minimum atomic E-state index is 0. The molecule has 0 bridgehead atoms.